The van der Waals surface area contributed by atoms with Crippen molar-refractivity contribution in [1.29, 1.82) is 0 Å². The molecule has 0 fully saturated rings. The Kier molecular flexibility index (Phi) is 7.87. The summed E-state index contributed by atoms with van der Waals surface area (Å²) in [5.74, 6) is -2.06. The lowest BCUT2D eigenvalue weighted by atomic mass is 10.2. The van der Waals surface area contributed by atoms with E-state index in [1.807, 2.05) is 7.05 Å². The molecule has 4 rings (SSSR count). The third kappa shape index (κ3) is 6.20. The monoisotopic (exact) mass is 532 g/mol. The van der Waals surface area contributed by atoms with E-state index in [2.05, 4.69) is 25.5 Å². The average Bonchev–Trinajstić information content (AvgIpc) is 3.45. The fourth-order valence-corrected chi connectivity index (χ4v) is 5.24. The van der Waals surface area contributed by atoms with Crippen LogP contribution in [0.4, 0.5) is 0 Å². The molecule has 0 aliphatic carbocycles. The number of aliphatic carboxylic acids is 1. The van der Waals surface area contributed by atoms with Crippen LogP contribution in [0.1, 0.15) is 30.9 Å². The van der Waals surface area contributed by atoms with Crippen LogP contribution in [0.25, 0.3) is 10.9 Å². The highest BCUT2D eigenvalue weighted by Crippen LogP contribution is 2.24. The Hall–Kier alpha value is -3.48. The minimum Gasteiger partial charge on any atom is -0.480 e. The van der Waals surface area contributed by atoms with Gasteiger partial charge in [-0.2, -0.15) is 0 Å². The molecule has 4 N–H and O–H groups in total. The van der Waals surface area contributed by atoms with Crippen LogP contribution >= 0.6 is 22.9 Å². The first-order valence-corrected chi connectivity index (χ1v) is 12.4. The van der Waals surface area contributed by atoms with E-state index in [4.69, 9.17) is 16.7 Å². The van der Waals surface area contributed by atoms with Gasteiger partial charge in [-0.25, -0.2) is 4.98 Å². The van der Waals surface area contributed by atoms with Gasteiger partial charge in [0.25, 0.3) is 11.8 Å². The largest absolute Gasteiger partial charge is 0.480 e. The fraction of sp³-hybridized carbons (Fsp3) is 0.348. The van der Waals surface area contributed by atoms with Crippen molar-refractivity contribution in [3.05, 3.63) is 50.6 Å². The number of rotatable bonds is 10. The van der Waals surface area contributed by atoms with Gasteiger partial charge in [0.1, 0.15) is 12.2 Å². The highest BCUT2D eigenvalue weighted by Gasteiger charge is 2.24. The maximum absolute atomic E-state index is 13.0. The van der Waals surface area contributed by atoms with Gasteiger partial charge in [-0.15, -0.1) is 11.3 Å². The molecule has 0 bridgehead atoms. The van der Waals surface area contributed by atoms with E-state index in [0.717, 1.165) is 39.3 Å². The van der Waals surface area contributed by atoms with Gasteiger partial charge in [0, 0.05) is 53.4 Å². The molecule has 2 aromatic heterocycles. The molecule has 190 valence electrons. The Balaban J connectivity index is 1.46. The van der Waals surface area contributed by atoms with E-state index in [1.54, 1.807) is 24.3 Å². The number of carbonyl (C=O) groups excluding carboxylic acids is 3. The van der Waals surface area contributed by atoms with Crippen LogP contribution in [-0.2, 0) is 22.6 Å². The van der Waals surface area contributed by atoms with Gasteiger partial charge >= 0.3 is 5.97 Å². The number of nitrogens with one attached hydrogen (secondary N) is 3. The SMILES string of the molecule is CN1CCc2nc(C(=O)N[C@@H](CNC(=O)c3cc4cc(Cl)ccc4[nH]3)CN(C=O)CC(=O)O)sc2C1. The fourth-order valence-electron chi connectivity index (χ4n) is 3.97. The van der Waals surface area contributed by atoms with Crippen LogP contribution in [0.2, 0.25) is 5.02 Å². The second-order valence-corrected chi connectivity index (χ2v) is 10.1. The summed E-state index contributed by atoms with van der Waals surface area (Å²) >= 11 is 7.32. The summed E-state index contributed by atoms with van der Waals surface area (Å²) in [5.41, 5.74) is 1.93. The summed E-state index contributed by atoms with van der Waals surface area (Å²) in [6, 6.07) is 6.10. The third-order valence-electron chi connectivity index (χ3n) is 5.73. The maximum Gasteiger partial charge on any atom is 0.323 e. The predicted molar refractivity (Wildman–Crippen MR) is 134 cm³/mol. The van der Waals surface area contributed by atoms with Crippen molar-refractivity contribution in [3.63, 3.8) is 0 Å². The Morgan fingerprint density at radius 1 is 1.33 bits per heavy atom. The average molecular weight is 533 g/mol. The maximum atomic E-state index is 13.0. The minimum absolute atomic E-state index is 0.0432. The minimum atomic E-state index is -1.19. The van der Waals surface area contributed by atoms with Crippen molar-refractivity contribution in [1.82, 2.24) is 30.4 Å². The number of fused-ring (bicyclic) bond motifs is 2. The van der Waals surface area contributed by atoms with Gasteiger partial charge in [-0.05, 0) is 31.3 Å². The smallest absolute Gasteiger partial charge is 0.323 e. The Bertz CT molecular complexity index is 1310. The van der Waals surface area contributed by atoms with E-state index in [0.29, 0.717) is 23.7 Å². The van der Waals surface area contributed by atoms with Crippen LogP contribution in [0.3, 0.4) is 0 Å². The number of aromatic amines is 1. The summed E-state index contributed by atoms with van der Waals surface area (Å²) in [6.07, 6.45) is 1.15. The van der Waals surface area contributed by atoms with E-state index >= 15 is 0 Å². The molecule has 1 aromatic carbocycles. The number of nitrogens with zero attached hydrogens (tertiary/aromatic N) is 3. The standard InChI is InChI=1S/C23H25ClN6O5S/c1-29-5-4-17-19(10-29)36-23(28-17)22(35)26-15(9-30(12-31)11-20(32)33)8-25-21(34)18-7-13-6-14(24)2-3-16(13)27-18/h2-3,6-7,12,15,27H,4-5,8-11H2,1H3,(H,25,34)(H,26,35)(H,32,33)/t15-/m0/s1. The summed E-state index contributed by atoms with van der Waals surface area (Å²) < 4.78 is 0. The van der Waals surface area contributed by atoms with Crippen LogP contribution in [0.15, 0.2) is 24.3 Å². The molecule has 3 aromatic rings. The van der Waals surface area contributed by atoms with E-state index in [9.17, 15) is 19.2 Å². The van der Waals surface area contributed by atoms with Crippen molar-refractivity contribution >= 4 is 58.0 Å². The molecule has 13 heteroatoms. The summed E-state index contributed by atoms with van der Waals surface area (Å²) in [6.45, 7) is 0.879. The Labute approximate surface area is 215 Å². The molecule has 1 aliphatic heterocycles. The van der Waals surface area contributed by atoms with Gasteiger partial charge in [0.15, 0.2) is 5.01 Å². The number of carboxylic acids is 1. The van der Waals surface area contributed by atoms with Crippen LogP contribution in [0.5, 0.6) is 0 Å². The highest BCUT2D eigenvalue weighted by molar-refractivity contribution is 7.13. The quantitative estimate of drug-likeness (QED) is 0.288. The number of carboxylic acid groups (broad SMARTS) is 1. The summed E-state index contributed by atoms with van der Waals surface area (Å²) in [5, 5.41) is 16.2. The lowest BCUT2D eigenvalue weighted by Gasteiger charge is -2.24. The van der Waals surface area contributed by atoms with Crippen molar-refractivity contribution in [2.45, 2.75) is 19.0 Å². The van der Waals surface area contributed by atoms with Crippen molar-refractivity contribution in [2.75, 3.05) is 33.2 Å². The molecule has 0 radical (unpaired) electrons. The first kappa shape index (κ1) is 25.6. The lowest BCUT2D eigenvalue weighted by Crippen LogP contribution is -2.50. The first-order chi connectivity index (χ1) is 17.2. The molecule has 0 spiro atoms. The molecular weight excluding hydrogens is 508 g/mol. The number of thiazole rings is 1. The number of hydrogen-bond acceptors (Lipinski definition) is 7. The van der Waals surface area contributed by atoms with Crippen molar-refractivity contribution in [2.24, 2.45) is 0 Å². The zero-order valence-corrected chi connectivity index (χ0v) is 21.0. The number of H-pyrrole nitrogens is 1. The number of hydrogen-bond donors (Lipinski definition) is 4. The van der Waals surface area contributed by atoms with E-state index in [1.165, 1.54) is 11.3 Å². The molecule has 3 heterocycles. The highest BCUT2D eigenvalue weighted by atomic mass is 35.5. The zero-order chi connectivity index (χ0) is 25.8. The van der Waals surface area contributed by atoms with Gasteiger partial charge in [-0.3, -0.25) is 19.2 Å². The van der Waals surface area contributed by atoms with Gasteiger partial charge < -0.3 is 30.5 Å². The number of halogens is 1. The normalized spacial score (nSPS) is 14.2. The molecule has 1 aliphatic rings. The second kappa shape index (κ2) is 11.1. The van der Waals surface area contributed by atoms with Crippen LogP contribution in [0, 0.1) is 0 Å². The second-order valence-electron chi connectivity index (χ2n) is 8.60. The van der Waals surface area contributed by atoms with E-state index < -0.39 is 30.4 Å². The Morgan fingerprint density at radius 3 is 2.89 bits per heavy atom. The molecule has 11 nitrogen and oxygen atoms in total. The van der Waals surface area contributed by atoms with Crippen LogP contribution < -0.4 is 10.6 Å². The van der Waals surface area contributed by atoms with Gasteiger partial charge in [0.2, 0.25) is 6.41 Å². The molecule has 0 unspecified atom stereocenters. The first-order valence-electron chi connectivity index (χ1n) is 11.2. The molecule has 1 atom stereocenters. The van der Waals surface area contributed by atoms with Crippen LogP contribution in [-0.4, -0.2) is 88.3 Å². The molecule has 0 saturated heterocycles. The number of carbonyl (C=O) groups is 4. The van der Waals surface area contributed by atoms with Gasteiger partial charge in [-0.1, -0.05) is 11.6 Å². The zero-order valence-electron chi connectivity index (χ0n) is 19.4. The van der Waals surface area contributed by atoms with Crippen molar-refractivity contribution < 1.29 is 24.3 Å². The number of aromatic nitrogens is 2. The van der Waals surface area contributed by atoms with Gasteiger partial charge in [0.05, 0.1) is 11.7 Å². The predicted octanol–water partition coefficient (Wildman–Crippen LogP) is 1.34. The number of likely N-dealkylation sites (N-methyl/N-ethyl adjacent to an activating group) is 1. The summed E-state index contributed by atoms with van der Waals surface area (Å²) in [4.78, 5) is 59.9. The van der Waals surface area contributed by atoms with E-state index in [-0.39, 0.29) is 18.1 Å². The Morgan fingerprint density at radius 2 is 2.14 bits per heavy atom. The topological polar surface area (TPSA) is 148 Å². The molecule has 36 heavy (non-hydrogen) atoms. The number of amides is 3. The molecule has 3 amide bonds. The third-order valence-corrected chi connectivity index (χ3v) is 7.05. The van der Waals surface area contributed by atoms with Crippen molar-refractivity contribution in [3.8, 4) is 0 Å². The molecular formula is C23H25ClN6O5S. The molecule has 0 saturated carbocycles. The lowest BCUT2D eigenvalue weighted by molar-refractivity contribution is -0.141. The summed E-state index contributed by atoms with van der Waals surface area (Å²) in [7, 11) is 2.00. The number of benzene rings is 1.